The highest BCUT2D eigenvalue weighted by Crippen LogP contribution is 2.32. The average Bonchev–Trinajstić information content (AvgIpc) is 2.89. The fraction of sp³-hybridized carbons (Fsp3) is 0.500. The van der Waals surface area contributed by atoms with Crippen molar-refractivity contribution in [2.24, 2.45) is 5.92 Å². The third kappa shape index (κ3) is 3.87. The molecule has 1 aromatic rings. The number of carbonyl (C=O) groups is 3. The zero-order chi connectivity index (χ0) is 18.8. The van der Waals surface area contributed by atoms with Crippen molar-refractivity contribution >= 4 is 46.7 Å². The summed E-state index contributed by atoms with van der Waals surface area (Å²) < 4.78 is 5.10. The highest BCUT2D eigenvalue weighted by Gasteiger charge is 2.44. The summed E-state index contributed by atoms with van der Waals surface area (Å²) >= 11 is 12.0. The van der Waals surface area contributed by atoms with Gasteiger partial charge in [0.1, 0.15) is 0 Å². The van der Waals surface area contributed by atoms with Gasteiger partial charge in [-0.2, -0.15) is 0 Å². The molecule has 0 aliphatic carbocycles. The lowest BCUT2D eigenvalue weighted by Crippen LogP contribution is -2.48. The molecule has 8 heteroatoms. The Hall–Kier alpha value is -1.63. The van der Waals surface area contributed by atoms with Crippen molar-refractivity contribution in [1.82, 2.24) is 4.90 Å². The van der Waals surface area contributed by atoms with Crippen molar-refractivity contribution in [3.63, 3.8) is 0 Å². The molecule has 6 nitrogen and oxygen atoms in total. The zero-order valence-corrected chi connectivity index (χ0v) is 15.9. The number of anilines is 1. The van der Waals surface area contributed by atoms with Crippen LogP contribution in [-0.4, -0.2) is 48.4 Å². The molecular weight excluding hydrogens is 379 g/mol. The first kappa shape index (κ1) is 19.1. The first-order valence-electron chi connectivity index (χ1n) is 8.64. The van der Waals surface area contributed by atoms with Crippen molar-refractivity contribution in [2.45, 2.75) is 32.2 Å². The molecule has 0 aromatic heterocycles. The third-order valence-electron chi connectivity index (χ3n) is 4.74. The Morgan fingerprint density at radius 3 is 2.58 bits per heavy atom. The summed E-state index contributed by atoms with van der Waals surface area (Å²) in [7, 11) is 0. The van der Waals surface area contributed by atoms with Gasteiger partial charge in [-0.05, 0) is 44.5 Å². The molecule has 26 heavy (non-hydrogen) atoms. The van der Waals surface area contributed by atoms with Crippen LogP contribution in [0.4, 0.5) is 5.69 Å². The van der Waals surface area contributed by atoms with Crippen LogP contribution in [0.1, 0.15) is 26.2 Å². The summed E-state index contributed by atoms with van der Waals surface area (Å²) in [6.45, 7) is 3.20. The van der Waals surface area contributed by atoms with E-state index in [2.05, 4.69) is 0 Å². The van der Waals surface area contributed by atoms with Gasteiger partial charge >= 0.3 is 5.97 Å². The molecule has 2 fully saturated rings. The summed E-state index contributed by atoms with van der Waals surface area (Å²) in [5.41, 5.74) is 0.374. The number of rotatable bonds is 4. The van der Waals surface area contributed by atoms with Gasteiger partial charge in [-0.25, -0.2) is 4.90 Å². The number of imide groups is 1. The van der Waals surface area contributed by atoms with Gasteiger partial charge in [-0.1, -0.05) is 23.2 Å². The molecule has 140 valence electrons. The van der Waals surface area contributed by atoms with E-state index < -0.39 is 6.04 Å². The zero-order valence-electron chi connectivity index (χ0n) is 14.4. The Balaban J connectivity index is 1.77. The summed E-state index contributed by atoms with van der Waals surface area (Å²) in [4.78, 5) is 40.5. The largest absolute Gasteiger partial charge is 0.466 e. The van der Waals surface area contributed by atoms with Crippen LogP contribution in [0.5, 0.6) is 0 Å². The molecule has 1 aromatic carbocycles. The van der Waals surface area contributed by atoms with E-state index >= 15 is 0 Å². The number of esters is 1. The van der Waals surface area contributed by atoms with Gasteiger partial charge in [0.15, 0.2) is 0 Å². The number of nitrogens with zero attached hydrogens (tertiary/aromatic N) is 2. The van der Waals surface area contributed by atoms with E-state index in [4.69, 9.17) is 27.9 Å². The number of halogens is 2. The molecule has 0 spiro atoms. The van der Waals surface area contributed by atoms with Crippen LogP contribution in [0.15, 0.2) is 18.2 Å². The molecule has 2 atom stereocenters. The molecule has 0 radical (unpaired) electrons. The number of amides is 2. The number of benzene rings is 1. The Labute approximate surface area is 162 Å². The predicted molar refractivity (Wildman–Crippen MR) is 98.3 cm³/mol. The van der Waals surface area contributed by atoms with Crippen molar-refractivity contribution in [1.29, 1.82) is 0 Å². The Morgan fingerprint density at radius 1 is 1.23 bits per heavy atom. The lowest BCUT2D eigenvalue weighted by Gasteiger charge is -2.34. The van der Waals surface area contributed by atoms with Gasteiger partial charge in [0.2, 0.25) is 5.91 Å². The van der Waals surface area contributed by atoms with Gasteiger partial charge in [-0.15, -0.1) is 0 Å². The number of carbonyl (C=O) groups excluding carboxylic acids is 3. The van der Waals surface area contributed by atoms with Crippen LogP contribution >= 0.6 is 23.2 Å². The molecule has 2 aliphatic rings. The second kappa shape index (κ2) is 7.94. The minimum atomic E-state index is -0.572. The number of ether oxygens (including phenoxy) is 1. The van der Waals surface area contributed by atoms with Crippen molar-refractivity contribution in [2.75, 3.05) is 24.6 Å². The van der Waals surface area contributed by atoms with Crippen LogP contribution in [0.2, 0.25) is 10.0 Å². The van der Waals surface area contributed by atoms with Crippen LogP contribution < -0.4 is 4.90 Å². The molecule has 2 amide bonds. The number of hydrogen-bond acceptors (Lipinski definition) is 5. The molecule has 2 heterocycles. The van der Waals surface area contributed by atoms with Gasteiger partial charge in [0.25, 0.3) is 5.91 Å². The maximum absolute atomic E-state index is 12.9. The van der Waals surface area contributed by atoms with Crippen LogP contribution in [0.25, 0.3) is 0 Å². The molecule has 0 saturated carbocycles. The standard InChI is InChI=1S/C18H20Cl2N2O4/c1-2-26-18(25)11-4-3-5-21(10-11)15-9-16(23)22(17(15)24)14-7-12(19)6-13(20)8-14/h6-8,11,15H,2-5,9-10H2,1H3/t11-,15-/m1/s1. The molecule has 2 aliphatic heterocycles. The van der Waals surface area contributed by atoms with Crippen molar-refractivity contribution < 1.29 is 19.1 Å². The fourth-order valence-corrected chi connectivity index (χ4v) is 4.10. The SMILES string of the molecule is CCOC(=O)[C@@H]1CCCN([C@@H]2CC(=O)N(c3cc(Cl)cc(Cl)c3)C2=O)C1. The number of likely N-dealkylation sites (tertiary alicyclic amines) is 1. The van der Waals surface area contributed by atoms with E-state index in [1.165, 1.54) is 0 Å². The Bertz CT molecular complexity index is 720. The topological polar surface area (TPSA) is 66.9 Å². The van der Waals surface area contributed by atoms with E-state index in [1.54, 1.807) is 25.1 Å². The quantitative estimate of drug-likeness (QED) is 0.576. The Morgan fingerprint density at radius 2 is 1.92 bits per heavy atom. The van der Waals surface area contributed by atoms with Crippen LogP contribution in [0, 0.1) is 5.92 Å². The van der Waals surface area contributed by atoms with Gasteiger partial charge in [0.05, 0.1) is 30.7 Å². The minimum absolute atomic E-state index is 0.0819. The van der Waals surface area contributed by atoms with E-state index in [0.29, 0.717) is 35.4 Å². The van der Waals surface area contributed by atoms with E-state index in [1.807, 2.05) is 4.90 Å². The summed E-state index contributed by atoms with van der Waals surface area (Å²) in [5.74, 6) is -1.11. The fourth-order valence-electron chi connectivity index (χ4n) is 3.58. The highest BCUT2D eigenvalue weighted by molar-refractivity contribution is 6.35. The van der Waals surface area contributed by atoms with Crippen LogP contribution in [0.3, 0.4) is 0 Å². The third-order valence-corrected chi connectivity index (χ3v) is 5.18. The van der Waals surface area contributed by atoms with Crippen LogP contribution in [-0.2, 0) is 19.1 Å². The first-order valence-corrected chi connectivity index (χ1v) is 9.40. The molecular formula is C18H20Cl2N2O4. The Kier molecular flexibility index (Phi) is 5.85. The van der Waals surface area contributed by atoms with Gasteiger partial charge in [-0.3, -0.25) is 19.3 Å². The maximum atomic E-state index is 12.9. The second-order valence-electron chi connectivity index (χ2n) is 6.50. The normalized spacial score (nSPS) is 24.2. The molecule has 2 saturated heterocycles. The maximum Gasteiger partial charge on any atom is 0.310 e. The van der Waals surface area contributed by atoms with Gasteiger partial charge < -0.3 is 4.74 Å². The van der Waals surface area contributed by atoms with E-state index in [9.17, 15) is 14.4 Å². The lowest BCUT2D eigenvalue weighted by molar-refractivity contribution is -0.150. The molecule has 3 rings (SSSR count). The van der Waals surface area contributed by atoms with E-state index in [0.717, 1.165) is 17.7 Å². The lowest BCUT2D eigenvalue weighted by atomic mass is 9.96. The summed E-state index contributed by atoms with van der Waals surface area (Å²) in [6.07, 6.45) is 1.60. The smallest absolute Gasteiger partial charge is 0.310 e. The summed E-state index contributed by atoms with van der Waals surface area (Å²) in [5, 5.41) is 0.716. The monoisotopic (exact) mass is 398 g/mol. The average molecular weight is 399 g/mol. The number of piperidine rings is 1. The second-order valence-corrected chi connectivity index (χ2v) is 7.37. The van der Waals surface area contributed by atoms with Gasteiger partial charge in [0, 0.05) is 16.6 Å². The summed E-state index contributed by atoms with van der Waals surface area (Å²) in [6, 6.07) is 4.06. The minimum Gasteiger partial charge on any atom is -0.466 e. The number of hydrogen-bond donors (Lipinski definition) is 0. The highest BCUT2D eigenvalue weighted by atomic mass is 35.5. The van der Waals surface area contributed by atoms with E-state index in [-0.39, 0.29) is 30.1 Å². The molecule has 0 unspecified atom stereocenters. The molecule has 0 N–H and O–H groups in total. The van der Waals surface area contributed by atoms with Crippen molar-refractivity contribution in [3.05, 3.63) is 28.2 Å². The first-order chi connectivity index (χ1) is 12.4. The van der Waals surface area contributed by atoms with Crippen molar-refractivity contribution in [3.8, 4) is 0 Å². The predicted octanol–water partition coefficient (Wildman–Crippen LogP) is 2.90. The molecule has 0 bridgehead atoms.